The molecule has 0 aliphatic heterocycles. The van der Waals surface area contributed by atoms with Crippen molar-refractivity contribution in [2.75, 3.05) is 0 Å². The molecule has 0 spiro atoms. The maximum absolute atomic E-state index is 8.84. The van der Waals surface area contributed by atoms with Crippen molar-refractivity contribution in [2.24, 2.45) is 5.92 Å². The first-order valence-corrected chi connectivity index (χ1v) is 7.99. The topological polar surface area (TPSA) is 33.0 Å². The molecule has 2 aromatic rings. The molecule has 1 aliphatic carbocycles. The van der Waals surface area contributed by atoms with E-state index in [0.29, 0.717) is 24.9 Å². The Morgan fingerprint density at radius 3 is 2.73 bits per heavy atom. The number of rotatable bonds is 5. The molecule has 0 bridgehead atoms. The van der Waals surface area contributed by atoms with Gasteiger partial charge in [0.25, 0.3) is 0 Å². The molecule has 3 rings (SSSR count). The fraction of sp³-hybridized carbons (Fsp3) is 0.350. The number of hydrogen-bond acceptors (Lipinski definition) is 2. The number of ether oxygens (including phenoxy) is 1. The molecule has 1 saturated carbocycles. The molecule has 2 heteroatoms. The van der Waals surface area contributed by atoms with Gasteiger partial charge >= 0.3 is 0 Å². The van der Waals surface area contributed by atoms with Crippen molar-refractivity contribution in [1.29, 1.82) is 5.26 Å². The van der Waals surface area contributed by atoms with Crippen LogP contribution in [0.5, 0.6) is 5.75 Å². The monoisotopic (exact) mass is 291 g/mol. The zero-order valence-electron chi connectivity index (χ0n) is 12.7. The molecular formula is C20H21NO. The number of hydrogen-bond donors (Lipinski definition) is 0. The predicted octanol–water partition coefficient (Wildman–Crippen LogP) is 5.06. The quantitative estimate of drug-likeness (QED) is 0.771. The lowest BCUT2D eigenvalue weighted by molar-refractivity contribution is 0.305. The summed E-state index contributed by atoms with van der Waals surface area (Å²) in [6, 6.07) is 21.0. The van der Waals surface area contributed by atoms with E-state index < -0.39 is 0 Å². The van der Waals surface area contributed by atoms with Crippen molar-refractivity contribution >= 4 is 0 Å². The molecule has 0 N–H and O–H groups in total. The summed E-state index contributed by atoms with van der Waals surface area (Å²) >= 11 is 0. The van der Waals surface area contributed by atoms with Gasteiger partial charge in [-0.3, -0.25) is 0 Å². The fourth-order valence-electron chi connectivity index (χ4n) is 3.29. The number of benzene rings is 2. The van der Waals surface area contributed by atoms with Crippen LogP contribution in [0.3, 0.4) is 0 Å². The molecule has 1 fully saturated rings. The Morgan fingerprint density at radius 1 is 1.05 bits per heavy atom. The predicted molar refractivity (Wildman–Crippen MR) is 87.5 cm³/mol. The van der Waals surface area contributed by atoms with Crippen LogP contribution in [0.15, 0.2) is 54.6 Å². The minimum atomic E-state index is 0.573. The van der Waals surface area contributed by atoms with E-state index in [0.717, 1.165) is 12.2 Å². The lowest BCUT2D eigenvalue weighted by Crippen LogP contribution is -1.98. The molecule has 0 heterocycles. The SMILES string of the molecule is N#CCC1CCC(c2cccc(OCc3ccccc3)c2)C1. The molecule has 2 unspecified atom stereocenters. The van der Waals surface area contributed by atoms with E-state index in [-0.39, 0.29) is 0 Å². The van der Waals surface area contributed by atoms with Gasteiger partial charge in [-0.05, 0) is 54.4 Å². The molecule has 0 amide bonds. The third-order valence-electron chi connectivity index (χ3n) is 4.50. The van der Waals surface area contributed by atoms with Crippen molar-refractivity contribution in [3.05, 3.63) is 65.7 Å². The Balaban J connectivity index is 1.62. The lowest BCUT2D eigenvalue weighted by atomic mass is 9.95. The number of nitriles is 1. The second-order valence-corrected chi connectivity index (χ2v) is 6.09. The van der Waals surface area contributed by atoms with E-state index in [2.05, 4.69) is 36.4 Å². The average molecular weight is 291 g/mol. The van der Waals surface area contributed by atoms with Crippen molar-refractivity contribution in [2.45, 2.75) is 38.2 Å². The highest BCUT2D eigenvalue weighted by atomic mass is 16.5. The highest BCUT2D eigenvalue weighted by molar-refractivity contribution is 5.32. The van der Waals surface area contributed by atoms with Crippen LogP contribution in [0.2, 0.25) is 0 Å². The molecule has 0 saturated heterocycles. The van der Waals surface area contributed by atoms with Gasteiger partial charge in [-0.1, -0.05) is 42.5 Å². The molecule has 22 heavy (non-hydrogen) atoms. The summed E-state index contributed by atoms with van der Waals surface area (Å²) in [7, 11) is 0. The maximum Gasteiger partial charge on any atom is 0.120 e. The first-order chi connectivity index (χ1) is 10.8. The van der Waals surface area contributed by atoms with Crippen molar-refractivity contribution in [3.8, 4) is 11.8 Å². The van der Waals surface area contributed by atoms with Gasteiger partial charge in [0, 0.05) is 6.42 Å². The van der Waals surface area contributed by atoms with Gasteiger partial charge in [0.15, 0.2) is 0 Å². The van der Waals surface area contributed by atoms with Crippen molar-refractivity contribution < 1.29 is 4.74 Å². The summed E-state index contributed by atoms with van der Waals surface area (Å²) in [6.07, 6.45) is 4.19. The molecule has 2 nitrogen and oxygen atoms in total. The van der Waals surface area contributed by atoms with E-state index >= 15 is 0 Å². The zero-order chi connectivity index (χ0) is 15.2. The molecule has 112 valence electrons. The second-order valence-electron chi connectivity index (χ2n) is 6.09. The normalized spacial score (nSPS) is 20.5. The van der Waals surface area contributed by atoms with Gasteiger partial charge in [0.1, 0.15) is 12.4 Å². The van der Waals surface area contributed by atoms with Crippen LogP contribution in [0, 0.1) is 17.2 Å². The minimum Gasteiger partial charge on any atom is -0.489 e. The van der Waals surface area contributed by atoms with Crippen molar-refractivity contribution in [1.82, 2.24) is 0 Å². The Hall–Kier alpha value is -2.27. The number of nitrogens with zero attached hydrogens (tertiary/aromatic N) is 1. The van der Waals surface area contributed by atoms with E-state index in [4.69, 9.17) is 10.00 Å². The van der Waals surface area contributed by atoms with E-state index in [9.17, 15) is 0 Å². The fourth-order valence-corrected chi connectivity index (χ4v) is 3.29. The Kier molecular flexibility index (Phi) is 4.75. The average Bonchev–Trinajstić information content (AvgIpc) is 3.03. The minimum absolute atomic E-state index is 0.573. The first-order valence-electron chi connectivity index (χ1n) is 7.99. The highest BCUT2D eigenvalue weighted by Gasteiger charge is 2.25. The molecule has 2 aromatic carbocycles. The Morgan fingerprint density at radius 2 is 1.91 bits per heavy atom. The summed E-state index contributed by atoms with van der Waals surface area (Å²) in [5.41, 5.74) is 2.54. The van der Waals surface area contributed by atoms with Crippen LogP contribution < -0.4 is 4.74 Å². The molecular weight excluding hydrogens is 270 g/mol. The van der Waals surface area contributed by atoms with Crippen LogP contribution in [-0.2, 0) is 6.61 Å². The van der Waals surface area contributed by atoms with Gasteiger partial charge < -0.3 is 4.74 Å². The van der Waals surface area contributed by atoms with Gasteiger partial charge in [0.2, 0.25) is 0 Å². The van der Waals surface area contributed by atoms with Gasteiger partial charge in [-0.2, -0.15) is 5.26 Å². The smallest absolute Gasteiger partial charge is 0.120 e. The van der Waals surface area contributed by atoms with E-state index in [1.54, 1.807) is 0 Å². The van der Waals surface area contributed by atoms with Crippen LogP contribution >= 0.6 is 0 Å². The van der Waals surface area contributed by atoms with Crippen LogP contribution in [-0.4, -0.2) is 0 Å². The maximum atomic E-state index is 8.84. The molecule has 2 atom stereocenters. The van der Waals surface area contributed by atoms with Gasteiger partial charge in [-0.15, -0.1) is 0 Å². The summed E-state index contributed by atoms with van der Waals surface area (Å²) < 4.78 is 5.91. The lowest BCUT2D eigenvalue weighted by Gasteiger charge is -2.13. The standard InChI is InChI=1S/C20H21NO/c21-12-11-16-9-10-19(13-16)18-7-4-8-20(14-18)22-15-17-5-2-1-3-6-17/h1-8,14,16,19H,9-11,13,15H2. The van der Waals surface area contributed by atoms with E-state index in [1.807, 2.05) is 24.3 Å². The first kappa shape index (κ1) is 14.7. The molecule has 1 aliphatic rings. The summed E-state index contributed by atoms with van der Waals surface area (Å²) in [6.45, 7) is 0.603. The largest absolute Gasteiger partial charge is 0.489 e. The zero-order valence-corrected chi connectivity index (χ0v) is 12.7. The summed E-state index contributed by atoms with van der Waals surface area (Å²) in [5.74, 6) is 2.09. The third-order valence-corrected chi connectivity index (χ3v) is 4.50. The van der Waals surface area contributed by atoms with Crippen LogP contribution in [0.4, 0.5) is 0 Å². The third kappa shape index (κ3) is 3.68. The second kappa shape index (κ2) is 7.13. The molecule has 0 radical (unpaired) electrons. The Bertz CT molecular complexity index is 644. The summed E-state index contributed by atoms with van der Waals surface area (Å²) in [5, 5.41) is 8.84. The van der Waals surface area contributed by atoms with Crippen molar-refractivity contribution in [3.63, 3.8) is 0 Å². The molecule has 0 aromatic heterocycles. The van der Waals surface area contributed by atoms with Crippen LogP contribution in [0.25, 0.3) is 0 Å². The van der Waals surface area contributed by atoms with Crippen LogP contribution in [0.1, 0.15) is 42.7 Å². The highest BCUT2D eigenvalue weighted by Crippen LogP contribution is 2.40. The van der Waals surface area contributed by atoms with Gasteiger partial charge in [-0.25, -0.2) is 0 Å². The summed E-state index contributed by atoms with van der Waals surface area (Å²) in [4.78, 5) is 0. The van der Waals surface area contributed by atoms with E-state index in [1.165, 1.54) is 24.0 Å². The Labute approximate surface area is 132 Å². The van der Waals surface area contributed by atoms with Gasteiger partial charge in [0.05, 0.1) is 6.07 Å².